The third kappa shape index (κ3) is 2.45. The molecule has 0 spiro atoms. The molecular weight excluding hydrogens is 286 g/mol. The van der Waals surface area contributed by atoms with Crippen molar-refractivity contribution in [2.45, 2.75) is 69.4 Å². The molecule has 5 rings (SSSR count). The summed E-state index contributed by atoms with van der Waals surface area (Å²) in [5.74, 6) is 1.35. The molecular formula is C20H27NO2. The monoisotopic (exact) mass is 313 g/mol. The number of alkyl carbamates (subject to hydrolysis) is 1. The fraction of sp³-hybridized carbons (Fsp3) is 0.650. The van der Waals surface area contributed by atoms with Gasteiger partial charge < -0.3 is 10.1 Å². The highest BCUT2D eigenvalue weighted by Crippen LogP contribution is 2.66. The van der Waals surface area contributed by atoms with E-state index in [1.807, 2.05) is 20.8 Å². The Morgan fingerprint density at radius 1 is 1.17 bits per heavy atom. The lowest BCUT2D eigenvalue weighted by Gasteiger charge is -2.41. The number of nitrogens with one attached hydrogen (secondary N) is 1. The Kier molecular flexibility index (Phi) is 3.11. The number of rotatable bonds is 2. The Morgan fingerprint density at radius 3 is 2.61 bits per heavy atom. The second kappa shape index (κ2) is 4.75. The minimum absolute atomic E-state index is 0.0406. The SMILES string of the molecule is CC(C)(C)OC(=O)NC12CC3CC1CC(c1ccccc1)(C3)C2. The summed E-state index contributed by atoms with van der Waals surface area (Å²) in [6.07, 6.45) is 5.73. The van der Waals surface area contributed by atoms with Gasteiger partial charge in [0.05, 0.1) is 0 Å². The summed E-state index contributed by atoms with van der Waals surface area (Å²) in [7, 11) is 0. The molecule has 3 nitrogen and oxygen atoms in total. The predicted octanol–water partition coefficient (Wildman–Crippen LogP) is 4.41. The number of ether oxygens (including phenoxy) is 1. The zero-order chi connectivity index (χ0) is 16.3. The van der Waals surface area contributed by atoms with Crippen LogP contribution >= 0.6 is 0 Å². The predicted molar refractivity (Wildman–Crippen MR) is 90.3 cm³/mol. The maximum atomic E-state index is 12.4. The van der Waals surface area contributed by atoms with Gasteiger partial charge in [0.2, 0.25) is 0 Å². The Balaban J connectivity index is 1.59. The van der Waals surface area contributed by atoms with Gasteiger partial charge in [-0.05, 0) is 75.7 Å². The van der Waals surface area contributed by atoms with Gasteiger partial charge in [-0.25, -0.2) is 4.79 Å². The molecule has 4 unspecified atom stereocenters. The van der Waals surface area contributed by atoms with E-state index in [9.17, 15) is 4.79 Å². The Bertz CT molecular complexity index is 620. The highest BCUT2D eigenvalue weighted by molar-refractivity contribution is 5.69. The van der Waals surface area contributed by atoms with Gasteiger partial charge in [0.25, 0.3) is 0 Å². The van der Waals surface area contributed by atoms with E-state index in [1.54, 1.807) is 0 Å². The molecule has 0 saturated heterocycles. The van der Waals surface area contributed by atoms with Crippen LogP contribution in [-0.2, 0) is 10.2 Å². The second-order valence-corrected chi connectivity index (χ2v) is 9.02. The maximum absolute atomic E-state index is 12.4. The summed E-state index contributed by atoms with van der Waals surface area (Å²) in [6, 6.07) is 10.9. The highest BCUT2D eigenvalue weighted by Gasteiger charge is 2.65. The number of hydrogen-bond acceptors (Lipinski definition) is 2. The van der Waals surface area contributed by atoms with Crippen LogP contribution in [0.3, 0.4) is 0 Å². The quantitative estimate of drug-likeness (QED) is 0.878. The Labute approximate surface area is 138 Å². The lowest BCUT2D eigenvalue weighted by molar-refractivity contribution is 0.0426. The molecule has 124 valence electrons. The first-order valence-electron chi connectivity index (χ1n) is 8.87. The molecule has 0 aromatic heterocycles. The van der Waals surface area contributed by atoms with Crippen molar-refractivity contribution in [3.63, 3.8) is 0 Å². The molecule has 0 radical (unpaired) electrons. The van der Waals surface area contributed by atoms with Gasteiger partial charge in [0.1, 0.15) is 5.60 Å². The van der Waals surface area contributed by atoms with Crippen molar-refractivity contribution in [2.24, 2.45) is 11.8 Å². The molecule has 4 aliphatic rings. The lowest BCUT2D eigenvalue weighted by Crippen LogP contribution is -2.52. The van der Waals surface area contributed by atoms with Gasteiger partial charge in [-0.15, -0.1) is 0 Å². The van der Waals surface area contributed by atoms with Crippen molar-refractivity contribution in [2.75, 3.05) is 0 Å². The van der Waals surface area contributed by atoms with Gasteiger partial charge in [-0.1, -0.05) is 30.3 Å². The van der Waals surface area contributed by atoms with Gasteiger partial charge in [0.15, 0.2) is 0 Å². The van der Waals surface area contributed by atoms with Crippen LogP contribution in [0.25, 0.3) is 0 Å². The summed E-state index contributed by atoms with van der Waals surface area (Å²) in [5, 5.41) is 3.31. The van der Waals surface area contributed by atoms with E-state index in [4.69, 9.17) is 4.74 Å². The first-order valence-corrected chi connectivity index (χ1v) is 8.87. The van der Waals surface area contributed by atoms with Crippen LogP contribution in [0.5, 0.6) is 0 Å². The average molecular weight is 313 g/mol. The minimum Gasteiger partial charge on any atom is -0.444 e. The molecule has 4 aliphatic carbocycles. The van der Waals surface area contributed by atoms with Gasteiger partial charge in [-0.2, -0.15) is 0 Å². The summed E-state index contributed by atoms with van der Waals surface area (Å²) in [6.45, 7) is 5.77. The molecule has 4 bridgehead atoms. The third-order valence-electron chi connectivity index (χ3n) is 6.16. The number of benzene rings is 1. The zero-order valence-electron chi connectivity index (χ0n) is 14.4. The van der Waals surface area contributed by atoms with Crippen molar-refractivity contribution < 1.29 is 9.53 Å². The molecule has 1 amide bonds. The molecule has 4 saturated carbocycles. The topological polar surface area (TPSA) is 38.3 Å². The van der Waals surface area contributed by atoms with Crippen LogP contribution in [0.2, 0.25) is 0 Å². The normalized spacial score (nSPS) is 37.9. The van der Waals surface area contributed by atoms with E-state index in [1.165, 1.54) is 24.8 Å². The van der Waals surface area contributed by atoms with Crippen molar-refractivity contribution >= 4 is 6.09 Å². The van der Waals surface area contributed by atoms with Crippen molar-refractivity contribution in [1.82, 2.24) is 5.32 Å². The molecule has 4 atom stereocenters. The first-order chi connectivity index (χ1) is 10.8. The number of amides is 1. The van der Waals surface area contributed by atoms with E-state index in [0.29, 0.717) is 5.92 Å². The highest BCUT2D eigenvalue weighted by atomic mass is 16.6. The number of carbonyl (C=O) groups is 1. The zero-order valence-corrected chi connectivity index (χ0v) is 14.4. The van der Waals surface area contributed by atoms with Gasteiger partial charge in [0, 0.05) is 5.54 Å². The summed E-state index contributed by atoms with van der Waals surface area (Å²) < 4.78 is 5.54. The molecule has 0 heterocycles. The Hall–Kier alpha value is -1.51. The lowest BCUT2D eigenvalue weighted by atomic mass is 9.65. The smallest absolute Gasteiger partial charge is 0.408 e. The molecule has 23 heavy (non-hydrogen) atoms. The summed E-state index contributed by atoms with van der Waals surface area (Å²) in [5.41, 5.74) is 1.25. The number of hydrogen-bond donors (Lipinski definition) is 1. The van der Waals surface area contributed by atoms with Crippen LogP contribution in [0.15, 0.2) is 30.3 Å². The van der Waals surface area contributed by atoms with Crippen LogP contribution < -0.4 is 5.32 Å². The van der Waals surface area contributed by atoms with Crippen molar-refractivity contribution in [3.05, 3.63) is 35.9 Å². The minimum atomic E-state index is -0.437. The summed E-state index contributed by atoms with van der Waals surface area (Å²) in [4.78, 5) is 12.4. The first kappa shape index (κ1) is 15.0. The molecule has 1 aromatic carbocycles. The van der Waals surface area contributed by atoms with E-state index < -0.39 is 5.60 Å². The van der Waals surface area contributed by atoms with Crippen LogP contribution in [0, 0.1) is 11.8 Å². The van der Waals surface area contributed by atoms with E-state index in [-0.39, 0.29) is 17.0 Å². The largest absolute Gasteiger partial charge is 0.444 e. The van der Waals surface area contributed by atoms with E-state index >= 15 is 0 Å². The standard InChI is InChI=1S/C20H27NO2/c1-18(2,3)23-17(22)21-20-11-14-9-16(20)12-19(10-14,13-20)15-7-5-4-6-8-15/h4-8,14,16H,9-13H2,1-3H3,(H,21,22). The summed E-state index contributed by atoms with van der Waals surface area (Å²) >= 11 is 0. The third-order valence-corrected chi connectivity index (χ3v) is 6.16. The molecule has 3 heteroatoms. The molecule has 1 aromatic rings. The van der Waals surface area contributed by atoms with Crippen molar-refractivity contribution in [1.29, 1.82) is 0 Å². The Morgan fingerprint density at radius 2 is 1.91 bits per heavy atom. The van der Waals surface area contributed by atoms with Crippen LogP contribution in [0.1, 0.15) is 58.4 Å². The van der Waals surface area contributed by atoms with Crippen LogP contribution in [-0.4, -0.2) is 17.2 Å². The van der Waals surface area contributed by atoms with E-state index in [0.717, 1.165) is 18.8 Å². The number of carbonyl (C=O) groups excluding carboxylic acids is 1. The maximum Gasteiger partial charge on any atom is 0.408 e. The van der Waals surface area contributed by atoms with Gasteiger partial charge >= 0.3 is 6.09 Å². The fourth-order valence-corrected chi connectivity index (χ4v) is 5.73. The van der Waals surface area contributed by atoms with Crippen molar-refractivity contribution in [3.8, 4) is 0 Å². The fourth-order valence-electron chi connectivity index (χ4n) is 5.73. The molecule has 1 N–H and O–H groups in total. The van der Waals surface area contributed by atoms with Gasteiger partial charge in [-0.3, -0.25) is 0 Å². The molecule has 0 aliphatic heterocycles. The molecule has 4 fully saturated rings. The van der Waals surface area contributed by atoms with Crippen LogP contribution in [0.4, 0.5) is 4.79 Å². The van der Waals surface area contributed by atoms with E-state index in [2.05, 4.69) is 35.6 Å². The second-order valence-electron chi connectivity index (χ2n) is 9.02. The average Bonchev–Trinajstić information content (AvgIpc) is 2.80.